The van der Waals surface area contributed by atoms with Gasteiger partial charge in [0.15, 0.2) is 11.7 Å². The molecular weight excluding hydrogens is 503 g/mol. The van der Waals surface area contributed by atoms with Crippen LogP contribution in [0.1, 0.15) is 23.0 Å². The normalized spacial score (nSPS) is 14.4. The number of piperazine rings is 1. The third-order valence-electron chi connectivity index (χ3n) is 5.46. The van der Waals surface area contributed by atoms with Crippen LogP contribution in [-0.4, -0.2) is 60.9 Å². The SMILES string of the molecule is CCNC(=NCCc1cccc2ccccc12)N1CCN(C(=O)c2ccco2)CC1.I. The quantitative estimate of drug-likeness (QED) is 0.307. The number of carbonyl (C=O) groups is 1. The first kappa shape index (κ1) is 23.1. The Kier molecular flexibility index (Phi) is 8.34. The van der Waals surface area contributed by atoms with E-state index in [0.717, 1.165) is 38.6 Å². The van der Waals surface area contributed by atoms with Gasteiger partial charge >= 0.3 is 0 Å². The maximum atomic E-state index is 12.5. The van der Waals surface area contributed by atoms with E-state index < -0.39 is 0 Å². The summed E-state index contributed by atoms with van der Waals surface area (Å²) in [4.78, 5) is 21.4. The van der Waals surface area contributed by atoms with Crippen molar-refractivity contribution < 1.29 is 9.21 Å². The van der Waals surface area contributed by atoms with Gasteiger partial charge in [0, 0.05) is 39.3 Å². The molecule has 3 aromatic rings. The van der Waals surface area contributed by atoms with E-state index in [-0.39, 0.29) is 29.9 Å². The summed E-state index contributed by atoms with van der Waals surface area (Å²) < 4.78 is 5.25. The average molecular weight is 532 g/mol. The zero-order valence-electron chi connectivity index (χ0n) is 17.8. The number of hydrogen-bond donors (Lipinski definition) is 1. The number of nitrogens with zero attached hydrogens (tertiary/aromatic N) is 3. The molecule has 4 rings (SSSR count). The molecule has 1 amide bonds. The van der Waals surface area contributed by atoms with Gasteiger partial charge in [0.05, 0.1) is 6.26 Å². The van der Waals surface area contributed by atoms with Gasteiger partial charge in [-0.3, -0.25) is 9.79 Å². The lowest BCUT2D eigenvalue weighted by Crippen LogP contribution is -2.53. The molecule has 1 saturated heterocycles. The molecule has 7 heteroatoms. The van der Waals surface area contributed by atoms with Crippen LogP contribution in [0.4, 0.5) is 0 Å². The number of furan rings is 1. The molecule has 0 radical (unpaired) electrons. The Morgan fingerprint density at radius 2 is 1.74 bits per heavy atom. The van der Waals surface area contributed by atoms with Gasteiger partial charge in [0.1, 0.15) is 0 Å². The minimum Gasteiger partial charge on any atom is -0.459 e. The topological polar surface area (TPSA) is 61.1 Å². The largest absolute Gasteiger partial charge is 0.459 e. The third-order valence-corrected chi connectivity index (χ3v) is 5.46. The van der Waals surface area contributed by atoms with Crippen molar-refractivity contribution in [3.05, 3.63) is 72.2 Å². The predicted octanol–water partition coefficient (Wildman–Crippen LogP) is 4.02. The predicted molar refractivity (Wildman–Crippen MR) is 135 cm³/mol. The third kappa shape index (κ3) is 5.58. The second-order valence-electron chi connectivity index (χ2n) is 7.38. The van der Waals surface area contributed by atoms with Crippen molar-refractivity contribution >= 4 is 46.6 Å². The number of amides is 1. The maximum Gasteiger partial charge on any atom is 0.289 e. The van der Waals surface area contributed by atoms with Gasteiger partial charge in [-0.1, -0.05) is 42.5 Å². The Labute approximate surface area is 200 Å². The number of benzene rings is 2. The molecule has 0 aliphatic carbocycles. The van der Waals surface area contributed by atoms with Gasteiger partial charge in [0.25, 0.3) is 5.91 Å². The fraction of sp³-hybridized carbons (Fsp3) is 0.333. The lowest BCUT2D eigenvalue weighted by Gasteiger charge is -2.36. The van der Waals surface area contributed by atoms with Gasteiger partial charge < -0.3 is 19.5 Å². The second kappa shape index (κ2) is 11.2. The van der Waals surface area contributed by atoms with Gasteiger partial charge in [-0.25, -0.2) is 0 Å². The molecule has 1 fully saturated rings. The lowest BCUT2D eigenvalue weighted by atomic mass is 10.0. The summed E-state index contributed by atoms with van der Waals surface area (Å²) >= 11 is 0. The first-order chi connectivity index (χ1) is 14.8. The monoisotopic (exact) mass is 532 g/mol. The Morgan fingerprint density at radius 1 is 1.00 bits per heavy atom. The Balaban J connectivity index is 0.00000272. The zero-order valence-corrected chi connectivity index (χ0v) is 20.1. The van der Waals surface area contributed by atoms with Crippen molar-refractivity contribution in [1.29, 1.82) is 0 Å². The summed E-state index contributed by atoms with van der Waals surface area (Å²) in [5.74, 6) is 1.28. The van der Waals surface area contributed by atoms with E-state index >= 15 is 0 Å². The Hall–Kier alpha value is -2.55. The number of fused-ring (bicyclic) bond motifs is 1. The van der Waals surface area contributed by atoms with E-state index in [1.54, 1.807) is 12.1 Å². The smallest absolute Gasteiger partial charge is 0.289 e. The van der Waals surface area contributed by atoms with Crippen LogP contribution in [0.15, 0.2) is 70.3 Å². The number of hydrogen-bond acceptors (Lipinski definition) is 3. The van der Waals surface area contributed by atoms with Crippen molar-refractivity contribution in [3.63, 3.8) is 0 Å². The highest BCUT2D eigenvalue weighted by Crippen LogP contribution is 2.19. The van der Waals surface area contributed by atoms with E-state index in [1.165, 1.54) is 22.6 Å². The molecule has 0 spiro atoms. The Bertz CT molecular complexity index is 1010. The van der Waals surface area contributed by atoms with E-state index in [1.807, 2.05) is 4.90 Å². The average Bonchev–Trinajstić information content (AvgIpc) is 3.33. The van der Waals surface area contributed by atoms with Gasteiger partial charge in [-0.05, 0) is 41.8 Å². The van der Waals surface area contributed by atoms with E-state index in [2.05, 4.69) is 59.6 Å². The summed E-state index contributed by atoms with van der Waals surface area (Å²) in [7, 11) is 0. The van der Waals surface area contributed by atoms with Crippen molar-refractivity contribution in [2.75, 3.05) is 39.3 Å². The highest BCUT2D eigenvalue weighted by atomic mass is 127. The van der Waals surface area contributed by atoms with Gasteiger partial charge in [0.2, 0.25) is 0 Å². The van der Waals surface area contributed by atoms with Crippen LogP contribution in [-0.2, 0) is 6.42 Å². The van der Waals surface area contributed by atoms with Gasteiger partial charge in [-0.2, -0.15) is 0 Å². The first-order valence-electron chi connectivity index (χ1n) is 10.6. The van der Waals surface area contributed by atoms with Crippen molar-refractivity contribution in [2.45, 2.75) is 13.3 Å². The molecule has 0 saturated carbocycles. The van der Waals surface area contributed by atoms with E-state index in [0.29, 0.717) is 18.8 Å². The van der Waals surface area contributed by atoms with Crippen LogP contribution in [0.2, 0.25) is 0 Å². The van der Waals surface area contributed by atoms with Crippen LogP contribution >= 0.6 is 24.0 Å². The summed E-state index contributed by atoms with van der Waals surface area (Å²) in [6, 6.07) is 18.4. The standard InChI is InChI=1S/C24H28N4O2.HI/c1-2-25-24(26-13-12-20-9-5-8-19-7-3-4-10-21(19)20)28-16-14-27(15-17-28)23(29)22-11-6-18-30-22;/h3-11,18H,2,12-17H2,1H3,(H,25,26);1H. The molecule has 0 bridgehead atoms. The van der Waals surface area contributed by atoms with Gasteiger partial charge in [-0.15, -0.1) is 24.0 Å². The number of halogens is 1. The summed E-state index contributed by atoms with van der Waals surface area (Å²) in [5.41, 5.74) is 1.32. The molecule has 2 heterocycles. The number of aliphatic imine (C=N–C) groups is 1. The fourth-order valence-electron chi connectivity index (χ4n) is 3.90. The molecule has 0 atom stereocenters. The fourth-order valence-corrected chi connectivity index (χ4v) is 3.90. The second-order valence-corrected chi connectivity index (χ2v) is 7.38. The number of rotatable bonds is 5. The maximum absolute atomic E-state index is 12.5. The number of carbonyl (C=O) groups excluding carboxylic acids is 1. The molecule has 1 aliphatic heterocycles. The highest BCUT2D eigenvalue weighted by molar-refractivity contribution is 14.0. The number of guanidine groups is 1. The molecule has 31 heavy (non-hydrogen) atoms. The molecule has 1 aromatic heterocycles. The van der Waals surface area contributed by atoms with Crippen LogP contribution < -0.4 is 5.32 Å². The van der Waals surface area contributed by atoms with Crippen LogP contribution in [0, 0.1) is 0 Å². The minimum absolute atomic E-state index is 0. The molecule has 2 aromatic carbocycles. The van der Waals surface area contributed by atoms with E-state index in [9.17, 15) is 4.79 Å². The van der Waals surface area contributed by atoms with E-state index in [4.69, 9.17) is 9.41 Å². The van der Waals surface area contributed by atoms with Crippen LogP contribution in [0.5, 0.6) is 0 Å². The first-order valence-corrected chi connectivity index (χ1v) is 10.6. The minimum atomic E-state index is -0.0439. The van der Waals surface area contributed by atoms with Crippen LogP contribution in [0.25, 0.3) is 10.8 Å². The van der Waals surface area contributed by atoms with Crippen molar-refractivity contribution in [1.82, 2.24) is 15.1 Å². The van der Waals surface area contributed by atoms with Crippen molar-refractivity contribution in [2.24, 2.45) is 4.99 Å². The summed E-state index contributed by atoms with van der Waals surface area (Å²) in [6.07, 6.45) is 2.43. The number of nitrogens with one attached hydrogen (secondary N) is 1. The zero-order chi connectivity index (χ0) is 20.8. The molecular formula is C24H29IN4O2. The van der Waals surface area contributed by atoms with Crippen LogP contribution in [0.3, 0.4) is 0 Å². The molecule has 164 valence electrons. The molecule has 1 aliphatic rings. The molecule has 0 unspecified atom stereocenters. The van der Waals surface area contributed by atoms with Crippen molar-refractivity contribution in [3.8, 4) is 0 Å². The summed E-state index contributed by atoms with van der Waals surface area (Å²) in [6.45, 7) is 6.46. The summed E-state index contributed by atoms with van der Waals surface area (Å²) in [5, 5.41) is 5.96. The molecule has 1 N–H and O–H groups in total. The highest BCUT2D eigenvalue weighted by Gasteiger charge is 2.25. The molecule has 6 nitrogen and oxygen atoms in total. The Morgan fingerprint density at radius 3 is 2.48 bits per heavy atom. The lowest BCUT2D eigenvalue weighted by molar-refractivity contribution is 0.0657.